The summed E-state index contributed by atoms with van der Waals surface area (Å²) >= 11 is 0. The van der Waals surface area contributed by atoms with Crippen molar-refractivity contribution in [1.82, 2.24) is 9.80 Å². The molecule has 28 heavy (non-hydrogen) atoms. The van der Waals surface area contributed by atoms with Crippen molar-refractivity contribution in [3.63, 3.8) is 0 Å². The highest BCUT2D eigenvalue weighted by atomic mass is 16.5. The van der Waals surface area contributed by atoms with Gasteiger partial charge in [-0.2, -0.15) is 0 Å². The Labute approximate surface area is 168 Å². The van der Waals surface area contributed by atoms with Crippen LogP contribution in [0.5, 0.6) is 0 Å². The average molecular weight is 387 g/mol. The SMILES string of the molecule is O=C(Nc1ccccc1N1CCCCC1)N1CCCCC1CN1CCOCC1. The first-order valence-electron chi connectivity index (χ1n) is 11.0. The summed E-state index contributed by atoms with van der Waals surface area (Å²) in [4.78, 5) is 20.1. The molecule has 2 amide bonds. The predicted molar refractivity (Wildman–Crippen MR) is 113 cm³/mol. The Morgan fingerprint density at radius 2 is 1.71 bits per heavy atom. The van der Waals surface area contributed by atoms with Crippen molar-refractivity contribution in [2.45, 2.75) is 44.6 Å². The lowest BCUT2D eigenvalue weighted by Gasteiger charge is -2.39. The number of nitrogens with one attached hydrogen (secondary N) is 1. The number of morpholine rings is 1. The number of hydrogen-bond donors (Lipinski definition) is 1. The van der Waals surface area contributed by atoms with Crippen LogP contribution in [0.15, 0.2) is 24.3 Å². The van der Waals surface area contributed by atoms with Crippen molar-refractivity contribution in [2.75, 3.05) is 62.7 Å². The van der Waals surface area contributed by atoms with Crippen LogP contribution < -0.4 is 10.2 Å². The Morgan fingerprint density at radius 1 is 0.964 bits per heavy atom. The molecule has 3 aliphatic rings. The van der Waals surface area contributed by atoms with E-state index >= 15 is 0 Å². The highest BCUT2D eigenvalue weighted by molar-refractivity contribution is 5.93. The topological polar surface area (TPSA) is 48.1 Å². The molecular weight excluding hydrogens is 352 g/mol. The highest BCUT2D eigenvalue weighted by Crippen LogP contribution is 2.29. The Morgan fingerprint density at radius 3 is 2.54 bits per heavy atom. The Hall–Kier alpha value is -1.79. The van der Waals surface area contributed by atoms with Crippen molar-refractivity contribution in [2.24, 2.45) is 0 Å². The monoisotopic (exact) mass is 386 g/mol. The molecule has 3 aliphatic heterocycles. The van der Waals surface area contributed by atoms with Gasteiger partial charge in [0.1, 0.15) is 0 Å². The number of benzene rings is 1. The lowest BCUT2D eigenvalue weighted by atomic mass is 10.0. The number of ether oxygens (including phenoxy) is 1. The van der Waals surface area contributed by atoms with Crippen molar-refractivity contribution in [1.29, 1.82) is 0 Å². The summed E-state index contributed by atoms with van der Waals surface area (Å²) in [5.41, 5.74) is 2.11. The Kier molecular flexibility index (Phi) is 6.70. The van der Waals surface area contributed by atoms with Crippen LogP contribution in [-0.2, 0) is 4.74 Å². The molecule has 0 bridgehead atoms. The molecule has 6 nitrogen and oxygen atoms in total. The largest absolute Gasteiger partial charge is 0.379 e. The maximum Gasteiger partial charge on any atom is 0.322 e. The second kappa shape index (κ2) is 9.61. The molecular formula is C22H34N4O2. The number of urea groups is 1. The molecule has 3 fully saturated rings. The molecule has 4 rings (SSSR count). The fraction of sp³-hybridized carbons (Fsp3) is 0.682. The summed E-state index contributed by atoms with van der Waals surface area (Å²) in [6.45, 7) is 7.54. The Bertz CT molecular complexity index is 641. The lowest BCUT2D eigenvalue weighted by Crippen LogP contribution is -2.52. The molecule has 154 valence electrons. The molecule has 1 aromatic rings. The van der Waals surface area contributed by atoms with Crippen LogP contribution in [0.3, 0.4) is 0 Å². The van der Waals surface area contributed by atoms with Gasteiger partial charge in [0.05, 0.1) is 24.6 Å². The first-order chi connectivity index (χ1) is 13.8. The molecule has 6 heteroatoms. The van der Waals surface area contributed by atoms with E-state index in [4.69, 9.17) is 4.74 Å². The van der Waals surface area contributed by atoms with Gasteiger partial charge in [-0.25, -0.2) is 4.79 Å². The number of anilines is 2. The zero-order chi connectivity index (χ0) is 19.2. The van der Waals surface area contributed by atoms with E-state index in [1.54, 1.807) is 0 Å². The van der Waals surface area contributed by atoms with Crippen LogP contribution in [0.4, 0.5) is 16.2 Å². The van der Waals surface area contributed by atoms with E-state index in [1.807, 2.05) is 12.1 Å². The molecule has 1 unspecified atom stereocenters. The van der Waals surface area contributed by atoms with Crippen LogP contribution >= 0.6 is 0 Å². The van der Waals surface area contributed by atoms with Gasteiger partial charge in [-0.05, 0) is 50.7 Å². The van der Waals surface area contributed by atoms with Gasteiger partial charge in [0.25, 0.3) is 0 Å². The van der Waals surface area contributed by atoms with Crippen molar-refractivity contribution < 1.29 is 9.53 Å². The molecule has 1 N–H and O–H groups in total. The first kappa shape index (κ1) is 19.5. The van der Waals surface area contributed by atoms with Gasteiger partial charge in [-0.3, -0.25) is 4.90 Å². The van der Waals surface area contributed by atoms with Gasteiger partial charge in [0, 0.05) is 45.3 Å². The van der Waals surface area contributed by atoms with Gasteiger partial charge in [-0.15, -0.1) is 0 Å². The van der Waals surface area contributed by atoms with Crippen LogP contribution in [0.1, 0.15) is 38.5 Å². The highest BCUT2D eigenvalue weighted by Gasteiger charge is 2.29. The second-order valence-corrected chi connectivity index (χ2v) is 8.25. The number of rotatable bonds is 4. The molecule has 3 heterocycles. The van der Waals surface area contributed by atoms with Gasteiger partial charge >= 0.3 is 6.03 Å². The first-order valence-corrected chi connectivity index (χ1v) is 11.0. The number of carbonyl (C=O) groups is 1. The molecule has 1 aromatic carbocycles. The van der Waals surface area contributed by atoms with Gasteiger partial charge in [-0.1, -0.05) is 12.1 Å². The Balaban J connectivity index is 1.43. The quantitative estimate of drug-likeness (QED) is 0.862. The number of piperidine rings is 2. The minimum Gasteiger partial charge on any atom is -0.379 e. The summed E-state index contributed by atoms with van der Waals surface area (Å²) in [5.74, 6) is 0. The lowest BCUT2D eigenvalue weighted by molar-refractivity contribution is 0.0229. The van der Waals surface area contributed by atoms with Crippen LogP contribution in [0.2, 0.25) is 0 Å². The van der Waals surface area contributed by atoms with Crippen LogP contribution in [0, 0.1) is 0 Å². The van der Waals surface area contributed by atoms with Crippen LogP contribution in [-0.4, -0.2) is 74.4 Å². The molecule has 0 spiro atoms. The van der Waals surface area contributed by atoms with Gasteiger partial charge in [0.15, 0.2) is 0 Å². The summed E-state index contributed by atoms with van der Waals surface area (Å²) < 4.78 is 5.47. The third kappa shape index (κ3) is 4.78. The molecule has 0 aliphatic carbocycles. The fourth-order valence-corrected chi connectivity index (χ4v) is 4.72. The van der Waals surface area contributed by atoms with E-state index in [-0.39, 0.29) is 6.03 Å². The predicted octanol–water partition coefficient (Wildman–Crippen LogP) is 3.40. The van der Waals surface area contributed by atoms with E-state index < -0.39 is 0 Å². The summed E-state index contributed by atoms with van der Waals surface area (Å²) in [5, 5.41) is 3.25. The molecule has 1 atom stereocenters. The normalized spacial score (nSPS) is 24.2. The number of hydrogen-bond acceptors (Lipinski definition) is 4. The number of likely N-dealkylation sites (tertiary alicyclic amines) is 1. The number of para-hydroxylation sites is 2. The maximum atomic E-state index is 13.2. The van der Waals surface area contributed by atoms with E-state index in [1.165, 1.54) is 25.7 Å². The third-order valence-electron chi connectivity index (χ3n) is 6.30. The van der Waals surface area contributed by atoms with E-state index in [0.717, 1.165) is 76.7 Å². The van der Waals surface area contributed by atoms with Gasteiger partial charge < -0.3 is 19.9 Å². The summed E-state index contributed by atoms with van der Waals surface area (Å²) in [6.07, 6.45) is 7.18. The standard InChI is InChI=1S/C22H34N4O2/c27-22(23-20-9-2-3-10-21(20)25-11-5-1-6-12-25)26-13-7-4-8-19(26)18-24-14-16-28-17-15-24/h2-3,9-10,19H,1,4-8,11-18H2,(H,23,27). The van der Waals surface area contributed by atoms with Gasteiger partial charge in [0.2, 0.25) is 0 Å². The third-order valence-corrected chi connectivity index (χ3v) is 6.30. The number of amides is 2. The zero-order valence-electron chi connectivity index (χ0n) is 16.9. The van der Waals surface area contributed by atoms with Crippen molar-refractivity contribution >= 4 is 17.4 Å². The number of carbonyl (C=O) groups excluding carboxylic acids is 1. The smallest absolute Gasteiger partial charge is 0.322 e. The fourth-order valence-electron chi connectivity index (χ4n) is 4.72. The average Bonchev–Trinajstić information content (AvgIpc) is 2.76. The van der Waals surface area contributed by atoms with E-state index in [9.17, 15) is 4.79 Å². The molecule has 3 saturated heterocycles. The van der Waals surface area contributed by atoms with Crippen molar-refractivity contribution in [3.8, 4) is 0 Å². The minimum absolute atomic E-state index is 0.0578. The zero-order valence-corrected chi connectivity index (χ0v) is 16.9. The molecule has 0 aromatic heterocycles. The maximum absolute atomic E-state index is 13.2. The summed E-state index contributed by atoms with van der Waals surface area (Å²) in [6, 6.07) is 8.63. The van der Waals surface area contributed by atoms with E-state index in [0.29, 0.717) is 6.04 Å². The van der Waals surface area contributed by atoms with Crippen LogP contribution in [0.25, 0.3) is 0 Å². The molecule has 0 saturated carbocycles. The number of nitrogens with zero attached hydrogens (tertiary/aromatic N) is 3. The minimum atomic E-state index is 0.0578. The second-order valence-electron chi connectivity index (χ2n) is 8.25. The van der Waals surface area contributed by atoms with E-state index in [2.05, 4.69) is 32.1 Å². The summed E-state index contributed by atoms with van der Waals surface area (Å²) in [7, 11) is 0. The van der Waals surface area contributed by atoms with Crippen molar-refractivity contribution in [3.05, 3.63) is 24.3 Å². The molecule has 0 radical (unpaired) electrons.